The SMILES string of the molecule is CCNC(=O)CCOc1c(Br)cc(CCN)cc1OCC. The first-order valence-corrected chi connectivity index (χ1v) is 7.96. The first kappa shape index (κ1) is 17.8. The second kappa shape index (κ2) is 9.63. The van der Waals surface area contributed by atoms with Crippen molar-refractivity contribution < 1.29 is 14.3 Å². The van der Waals surface area contributed by atoms with Gasteiger partial charge < -0.3 is 20.5 Å². The third-order valence-corrected chi connectivity index (χ3v) is 3.34. The van der Waals surface area contributed by atoms with Crippen LogP contribution in [-0.4, -0.2) is 32.2 Å². The van der Waals surface area contributed by atoms with Gasteiger partial charge in [0.05, 0.1) is 24.1 Å². The molecule has 21 heavy (non-hydrogen) atoms. The van der Waals surface area contributed by atoms with Gasteiger partial charge in [-0.2, -0.15) is 0 Å². The smallest absolute Gasteiger partial charge is 0.223 e. The van der Waals surface area contributed by atoms with Crippen LogP contribution in [0.15, 0.2) is 16.6 Å². The molecule has 0 aliphatic rings. The van der Waals surface area contributed by atoms with E-state index in [0.717, 1.165) is 16.5 Å². The van der Waals surface area contributed by atoms with Gasteiger partial charge in [-0.1, -0.05) is 0 Å². The number of hydrogen-bond donors (Lipinski definition) is 2. The summed E-state index contributed by atoms with van der Waals surface area (Å²) in [5, 5.41) is 2.74. The van der Waals surface area contributed by atoms with Crippen molar-refractivity contribution in [3.05, 3.63) is 22.2 Å². The van der Waals surface area contributed by atoms with Crippen molar-refractivity contribution in [2.24, 2.45) is 5.73 Å². The lowest BCUT2D eigenvalue weighted by Gasteiger charge is -2.15. The maximum atomic E-state index is 11.4. The number of halogens is 1. The summed E-state index contributed by atoms with van der Waals surface area (Å²) in [6, 6.07) is 3.90. The molecule has 0 saturated heterocycles. The molecule has 0 spiro atoms. The summed E-state index contributed by atoms with van der Waals surface area (Å²) in [6.07, 6.45) is 1.09. The summed E-state index contributed by atoms with van der Waals surface area (Å²) in [4.78, 5) is 11.4. The van der Waals surface area contributed by atoms with Crippen LogP contribution in [0.2, 0.25) is 0 Å². The van der Waals surface area contributed by atoms with E-state index in [1.165, 1.54) is 0 Å². The summed E-state index contributed by atoms with van der Waals surface area (Å²) in [5.41, 5.74) is 6.67. The molecule has 1 rings (SSSR count). The fourth-order valence-electron chi connectivity index (χ4n) is 1.87. The highest BCUT2D eigenvalue weighted by molar-refractivity contribution is 9.10. The zero-order valence-electron chi connectivity index (χ0n) is 12.6. The van der Waals surface area contributed by atoms with Crippen LogP contribution in [0.3, 0.4) is 0 Å². The lowest BCUT2D eigenvalue weighted by Crippen LogP contribution is -2.24. The summed E-state index contributed by atoms with van der Waals surface area (Å²) >= 11 is 3.49. The average Bonchev–Trinajstić information content (AvgIpc) is 2.43. The topological polar surface area (TPSA) is 73.6 Å². The zero-order valence-corrected chi connectivity index (χ0v) is 14.2. The Kier molecular flexibility index (Phi) is 8.15. The average molecular weight is 359 g/mol. The predicted molar refractivity (Wildman–Crippen MR) is 86.9 cm³/mol. The molecule has 0 unspecified atom stereocenters. The van der Waals surface area contributed by atoms with Gasteiger partial charge in [0.25, 0.3) is 0 Å². The van der Waals surface area contributed by atoms with Gasteiger partial charge in [0.15, 0.2) is 11.5 Å². The highest BCUT2D eigenvalue weighted by atomic mass is 79.9. The second-order valence-corrected chi connectivity index (χ2v) is 5.28. The van der Waals surface area contributed by atoms with Gasteiger partial charge in [-0.15, -0.1) is 0 Å². The Bertz CT molecular complexity index is 466. The van der Waals surface area contributed by atoms with E-state index < -0.39 is 0 Å². The van der Waals surface area contributed by atoms with Crippen LogP contribution in [0.5, 0.6) is 11.5 Å². The maximum Gasteiger partial charge on any atom is 0.223 e. The van der Waals surface area contributed by atoms with Crippen LogP contribution in [0.4, 0.5) is 0 Å². The van der Waals surface area contributed by atoms with E-state index >= 15 is 0 Å². The Morgan fingerprint density at radius 1 is 1.33 bits per heavy atom. The molecule has 0 bridgehead atoms. The molecule has 0 radical (unpaired) electrons. The monoisotopic (exact) mass is 358 g/mol. The van der Waals surface area contributed by atoms with Crippen molar-refractivity contribution in [3.8, 4) is 11.5 Å². The van der Waals surface area contributed by atoms with E-state index in [0.29, 0.717) is 44.2 Å². The summed E-state index contributed by atoms with van der Waals surface area (Å²) in [7, 11) is 0. The summed E-state index contributed by atoms with van der Waals surface area (Å²) in [5.74, 6) is 1.28. The first-order chi connectivity index (χ1) is 10.1. The molecule has 0 atom stereocenters. The van der Waals surface area contributed by atoms with Crippen molar-refractivity contribution >= 4 is 21.8 Å². The fraction of sp³-hybridized carbons (Fsp3) is 0.533. The minimum absolute atomic E-state index is 0.0219. The van der Waals surface area contributed by atoms with E-state index in [1.807, 2.05) is 26.0 Å². The number of carbonyl (C=O) groups excluding carboxylic acids is 1. The molecule has 1 amide bonds. The Hall–Kier alpha value is -1.27. The quantitative estimate of drug-likeness (QED) is 0.709. The molecule has 0 aromatic heterocycles. The van der Waals surface area contributed by atoms with Crippen molar-refractivity contribution in [3.63, 3.8) is 0 Å². The molecule has 0 aliphatic heterocycles. The Morgan fingerprint density at radius 3 is 2.71 bits per heavy atom. The number of carbonyl (C=O) groups is 1. The van der Waals surface area contributed by atoms with Crippen LogP contribution in [0.1, 0.15) is 25.8 Å². The van der Waals surface area contributed by atoms with E-state index in [1.54, 1.807) is 0 Å². The van der Waals surface area contributed by atoms with Crippen molar-refractivity contribution in [2.75, 3.05) is 26.3 Å². The van der Waals surface area contributed by atoms with Crippen molar-refractivity contribution in [2.45, 2.75) is 26.7 Å². The van der Waals surface area contributed by atoms with Crippen LogP contribution >= 0.6 is 15.9 Å². The van der Waals surface area contributed by atoms with E-state index in [2.05, 4.69) is 21.2 Å². The number of hydrogen-bond acceptors (Lipinski definition) is 4. The largest absolute Gasteiger partial charge is 0.490 e. The number of amides is 1. The summed E-state index contributed by atoms with van der Waals surface area (Å²) in [6.45, 7) is 5.86. The lowest BCUT2D eigenvalue weighted by molar-refractivity contribution is -0.121. The molecule has 5 nitrogen and oxygen atoms in total. The van der Waals surface area contributed by atoms with Crippen LogP contribution in [-0.2, 0) is 11.2 Å². The van der Waals surface area contributed by atoms with Crippen LogP contribution < -0.4 is 20.5 Å². The Morgan fingerprint density at radius 2 is 2.10 bits per heavy atom. The highest BCUT2D eigenvalue weighted by Crippen LogP contribution is 2.37. The minimum Gasteiger partial charge on any atom is -0.490 e. The lowest BCUT2D eigenvalue weighted by atomic mass is 10.1. The van der Waals surface area contributed by atoms with Gasteiger partial charge in [0, 0.05) is 6.54 Å². The number of nitrogens with one attached hydrogen (secondary N) is 1. The van der Waals surface area contributed by atoms with E-state index in [-0.39, 0.29) is 5.91 Å². The molecule has 0 aliphatic carbocycles. The van der Waals surface area contributed by atoms with E-state index in [4.69, 9.17) is 15.2 Å². The predicted octanol–water partition coefficient (Wildman–Crippen LogP) is 2.25. The normalized spacial score (nSPS) is 10.3. The number of rotatable bonds is 9. The van der Waals surface area contributed by atoms with Gasteiger partial charge in [0.1, 0.15) is 0 Å². The molecule has 1 aromatic carbocycles. The molecular formula is C15H23BrN2O3. The van der Waals surface area contributed by atoms with Crippen molar-refractivity contribution in [1.82, 2.24) is 5.32 Å². The standard InChI is InChI=1S/C15H23BrN2O3/c1-3-18-14(19)6-8-21-15-12(16)9-11(5-7-17)10-13(15)20-4-2/h9-10H,3-8,17H2,1-2H3,(H,18,19). The van der Waals surface area contributed by atoms with Crippen LogP contribution in [0.25, 0.3) is 0 Å². The van der Waals surface area contributed by atoms with Gasteiger partial charge >= 0.3 is 0 Å². The number of ether oxygens (including phenoxy) is 2. The molecule has 0 heterocycles. The van der Waals surface area contributed by atoms with Gasteiger partial charge in [-0.3, -0.25) is 4.79 Å². The molecule has 1 aromatic rings. The first-order valence-electron chi connectivity index (χ1n) is 7.17. The van der Waals surface area contributed by atoms with Crippen LogP contribution in [0, 0.1) is 0 Å². The number of benzene rings is 1. The third-order valence-electron chi connectivity index (χ3n) is 2.75. The minimum atomic E-state index is -0.0219. The Balaban J connectivity index is 2.77. The number of nitrogens with two attached hydrogens (primary N) is 1. The van der Waals surface area contributed by atoms with Crippen molar-refractivity contribution in [1.29, 1.82) is 0 Å². The highest BCUT2D eigenvalue weighted by Gasteiger charge is 2.12. The maximum absolute atomic E-state index is 11.4. The molecule has 118 valence electrons. The molecular weight excluding hydrogens is 336 g/mol. The molecule has 0 saturated carbocycles. The van der Waals surface area contributed by atoms with Gasteiger partial charge in [-0.25, -0.2) is 0 Å². The second-order valence-electron chi connectivity index (χ2n) is 4.43. The third kappa shape index (κ3) is 5.93. The Labute approximate surface area is 134 Å². The van der Waals surface area contributed by atoms with Gasteiger partial charge in [-0.05, 0) is 60.4 Å². The molecule has 6 heteroatoms. The fourth-order valence-corrected chi connectivity index (χ4v) is 2.47. The summed E-state index contributed by atoms with van der Waals surface area (Å²) < 4.78 is 12.1. The van der Waals surface area contributed by atoms with E-state index in [9.17, 15) is 4.79 Å². The molecule has 3 N–H and O–H groups in total. The van der Waals surface area contributed by atoms with Gasteiger partial charge in [0.2, 0.25) is 5.91 Å². The zero-order chi connectivity index (χ0) is 15.7. The molecule has 0 fully saturated rings.